The van der Waals surface area contributed by atoms with Gasteiger partial charge < -0.3 is 15.6 Å². The van der Waals surface area contributed by atoms with E-state index in [9.17, 15) is 5.11 Å². The van der Waals surface area contributed by atoms with Gasteiger partial charge in [0.25, 0.3) is 0 Å². The maximum absolute atomic E-state index is 9.28. The van der Waals surface area contributed by atoms with Crippen LogP contribution in [0.5, 0.6) is 0 Å². The molecule has 0 spiro atoms. The third-order valence-corrected chi connectivity index (χ3v) is 2.67. The van der Waals surface area contributed by atoms with Crippen LogP contribution >= 0.6 is 0 Å². The van der Waals surface area contributed by atoms with E-state index in [0.717, 1.165) is 13.0 Å². The van der Waals surface area contributed by atoms with Crippen LogP contribution in [0.4, 0.5) is 0 Å². The summed E-state index contributed by atoms with van der Waals surface area (Å²) >= 11 is 0. The number of aliphatic hydroxyl groups excluding tert-OH is 1. The Kier molecular flexibility index (Phi) is 7.96. The minimum atomic E-state index is -0.128. The molecule has 0 saturated carbocycles. The lowest BCUT2D eigenvalue weighted by Gasteiger charge is -2.31. The van der Waals surface area contributed by atoms with Crippen molar-refractivity contribution in [1.29, 1.82) is 0 Å². The normalized spacial score (nSPS) is 16.0. The predicted octanol–water partition coefficient (Wildman–Crippen LogP) is 0.299. The third-order valence-electron chi connectivity index (χ3n) is 2.67. The van der Waals surface area contributed by atoms with Gasteiger partial charge in [0.1, 0.15) is 0 Å². The Bertz CT molecular complexity index is 154. The number of ether oxygens (including phenoxy) is 1. The number of nitrogens with zero attached hydrogens (tertiary/aromatic N) is 1. The molecule has 3 N–H and O–H groups in total. The molecular weight excluding hydrogens is 192 g/mol. The van der Waals surface area contributed by atoms with Crippen LogP contribution in [0.15, 0.2) is 0 Å². The molecule has 0 aromatic carbocycles. The second-order valence-electron chi connectivity index (χ2n) is 4.53. The Labute approximate surface area is 93.4 Å². The highest BCUT2D eigenvalue weighted by atomic mass is 16.5. The highest BCUT2D eigenvalue weighted by molar-refractivity contribution is 4.79. The molecule has 2 unspecified atom stereocenters. The topological polar surface area (TPSA) is 58.7 Å². The van der Waals surface area contributed by atoms with E-state index in [1.54, 1.807) is 7.11 Å². The fourth-order valence-electron chi connectivity index (χ4n) is 1.53. The van der Waals surface area contributed by atoms with E-state index in [4.69, 9.17) is 10.5 Å². The summed E-state index contributed by atoms with van der Waals surface area (Å²) in [5.41, 5.74) is 5.92. The van der Waals surface area contributed by atoms with Crippen LogP contribution in [0, 0.1) is 5.92 Å². The minimum absolute atomic E-state index is 0.0105. The number of hydrogen-bond acceptors (Lipinski definition) is 4. The number of aliphatic hydroxyl groups is 1. The van der Waals surface area contributed by atoms with Crippen LogP contribution in [0.3, 0.4) is 0 Å². The highest BCUT2D eigenvalue weighted by Crippen LogP contribution is 2.06. The predicted molar refractivity (Wildman–Crippen MR) is 62.8 cm³/mol. The van der Waals surface area contributed by atoms with Crippen molar-refractivity contribution in [2.45, 2.75) is 32.4 Å². The van der Waals surface area contributed by atoms with Crippen molar-refractivity contribution in [3.8, 4) is 0 Å². The van der Waals surface area contributed by atoms with Crippen molar-refractivity contribution >= 4 is 0 Å². The van der Waals surface area contributed by atoms with Gasteiger partial charge in [0.2, 0.25) is 0 Å². The van der Waals surface area contributed by atoms with Crippen molar-refractivity contribution < 1.29 is 9.84 Å². The van der Waals surface area contributed by atoms with Crippen LogP contribution in [-0.4, -0.2) is 56.0 Å². The molecule has 0 rings (SSSR count). The first-order valence-electron chi connectivity index (χ1n) is 5.58. The number of hydrogen-bond donors (Lipinski definition) is 2. The second-order valence-corrected chi connectivity index (χ2v) is 4.53. The van der Waals surface area contributed by atoms with E-state index in [1.807, 2.05) is 7.05 Å². The zero-order valence-electron chi connectivity index (χ0n) is 10.4. The number of rotatable bonds is 8. The SMILES string of the molecule is COCC(N)C(CO)N(C)CCC(C)C. The fourth-order valence-corrected chi connectivity index (χ4v) is 1.53. The average molecular weight is 218 g/mol. The van der Waals surface area contributed by atoms with Gasteiger partial charge in [-0.25, -0.2) is 0 Å². The summed E-state index contributed by atoms with van der Waals surface area (Å²) in [5.74, 6) is 0.672. The molecule has 92 valence electrons. The average Bonchev–Trinajstić information content (AvgIpc) is 2.16. The van der Waals surface area contributed by atoms with Gasteiger partial charge in [-0.3, -0.25) is 4.90 Å². The Morgan fingerprint density at radius 2 is 2.00 bits per heavy atom. The van der Waals surface area contributed by atoms with E-state index >= 15 is 0 Å². The van der Waals surface area contributed by atoms with E-state index in [1.165, 1.54) is 0 Å². The van der Waals surface area contributed by atoms with E-state index in [0.29, 0.717) is 12.5 Å². The Hall–Kier alpha value is -0.160. The Balaban J connectivity index is 4.02. The van der Waals surface area contributed by atoms with Crippen LogP contribution in [0.25, 0.3) is 0 Å². The summed E-state index contributed by atoms with van der Waals surface area (Å²) in [5, 5.41) is 9.28. The first-order chi connectivity index (χ1) is 7.02. The van der Waals surface area contributed by atoms with E-state index in [-0.39, 0.29) is 18.7 Å². The van der Waals surface area contributed by atoms with Crippen molar-refractivity contribution in [3.63, 3.8) is 0 Å². The molecule has 0 radical (unpaired) electrons. The van der Waals surface area contributed by atoms with E-state index in [2.05, 4.69) is 18.7 Å². The molecule has 4 heteroatoms. The van der Waals surface area contributed by atoms with Crippen LogP contribution < -0.4 is 5.73 Å². The molecule has 0 aliphatic rings. The molecule has 0 saturated heterocycles. The third kappa shape index (κ3) is 6.10. The smallest absolute Gasteiger partial charge is 0.0629 e. The molecule has 0 bridgehead atoms. The van der Waals surface area contributed by atoms with Crippen LogP contribution in [0.1, 0.15) is 20.3 Å². The lowest BCUT2D eigenvalue weighted by molar-refractivity contribution is 0.0830. The monoisotopic (exact) mass is 218 g/mol. The van der Waals surface area contributed by atoms with Gasteiger partial charge in [0.15, 0.2) is 0 Å². The lowest BCUT2D eigenvalue weighted by atomic mass is 10.1. The summed E-state index contributed by atoms with van der Waals surface area (Å²) in [6.07, 6.45) is 1.12. The molecule has 0 aromatic rings. The number of nitrogens with two attached hydrogens (primary N) is 1. The zero-order chi connectivity index (χ0) is 11.8. The molecule has 2 atom stereocenters. The van der Waals surface area contributed by atoms with Crippen molar-refractivity contribution in [1.82, 2.24) is 4.90 Å². The van der Waals surface area contributed by atoms with Crippen molar-refractivity contribution in [2.24, 2.45) is 11.7 Å². The molecule has 0 amide bonds. The molecule has 0 heterocycles. The van der Waals surface area contributed by atoms with Crippen LogP contribution in [0.2, 0.25) is 0 Å². The summed E-state index contributed by atoms with van der Waals surface area (Å²) in [7, 11) is 3.63. The molecule has 0 fully saturated rings. The summed E-state index contributed by atoms with van der Waals surface area (Å²) in [4.78, 5) is 2.11. The quantitative estimate of drug-likeness (QED) is 0.615. The lowest BCUT2D eigenvalue weighted by Crippen LogP contribution is -2.50. The number of likely N-dealkylation sites (N-methyl/N-ethyl adjacent to an activating group) is 1. The maximum atomic E-state index is 9.28. The highest BCUT2D eigenvalue weighted by Gasteiger charge is 2.21. The van der Waals surface area contributed by atoms with Gasteiger partial charge in [-0.2, -0.15) is 0 Å². The Morgan fingerprint density at radius 3 is 2.40 bits per heavy atom. The minimum Gasteiger partial charge on any atom is -0.395 e. The first-order valence-corrected chi connectivity index (χ1v) is 5.58. The maximum Gasteiger partial charge on any atom is 0.0629 e. The van der Waals surface area contributed by atoms with Crippen molar-refractivity contribution in [3.05, 3.63) is 0 Å². The molecule has 4 nitrogen and oxygen atoms in total. The summed E-state index contributed by atoms with van der Waals surface area (Å²) < 4.78 is 5.00. The summed E-state index contributed by atoms with van der Waals surface area (Å²) in [6, 6.07) is -0.138. The largest absolute Gasteiger partial charge is 0.395 e. The number of methoxy groups -OCH3 is 1. The van der Waals surface area contributed by atoms with E-state index < -0.39 is 0 Å². The molecule has 0 aliphatic carbocycles. The zero-order valence-corrected chi connectivity index (χ0v) is 10.4. The standard InChI is InChI=1S/C11H26N2O2/c1-9(2)5-6-13(3)11(7-14)10(12)8-15-4/h9-11,14H,5-8,12H2,1-4H3. The molecule has 0 aliphatic heterocycles. The Morgan fingerprint density at radius 1 is 1.40 bits per heavy atom. The fraction of sp³-hybridized carbons (Fsp3) is 1.00. The van der Waals surface area contributed by atoms with Gasteiger partial charge in [-0.05, 0) is 25.9 Å². The molecule has 0 aromatic heterocycles. The van der Waals surface area contributed by atoms with Gasteiger partial charge in [0.05, 0.1) is 13.2 Å². The van der Waals surface area contributed by atoms with Crippen LogP contribution in [-0.2, 0) is 4.74 Å². The molecule has 15 heavy (non-hydrogen) atoms. The molecular formula is C11H26N2O2. The van der Waals surface area contributed by atoms with Gasteiger partial charge in [-0.1, -0.05) is 13.8 Å². The van der Waals surface area contributed by atoms with Gasteiger partial charge >= 0.3 is 0 Å². The second kappa shape index (κ2) is 8.05. The first kappa shape index (κ1) is 14.8. The summed E-state index contributed by atoms with van der Waals surface area (Å²) in [6.45, 7) is 5.91. The van der Waals surface area contributed by atoms with Gasteiger partial charge in [0, 0.05) is 19.2 Å². The van der Waals surface area contributed by atoms with Gasteiger partial charge in [-0.15, -0.1) is 0 Å². The van der Waals surface area contributed by atoms with Crippen molar-refractivity contribution in [2.75, 3.05) is 33.9 Å².